The van der Waals surface area contributed by atoms with Crippen molar-refractivity contribution in [3.63, 3.8) is 0 Å². The molecule has 2 aromatic rings. The van der Waals surface area contributed by atoms with Gasteiger partial charge in [0, 0.05) is 50.7 Å². The Morgan fingerprint density at radius 3 is 2.50 bits per heavy atom. The average Bonchev–Trinajstić information content (AvgIpc) is 2.62. The second-order valence-corrected chi connectivity index (χ2v) is 6.08. The molecule has 1 aliphatic rings. The Labute approximate surface area is 148 Å². The molecule has 6 nitrogen and oxygen atoms in total. The minimum atomic E-state index is -1.28. The molecule has 0 spiro atoms. The highest BCUT2D eigenvalue weighted by molar-refractivity contribution is 5.36. The van der Waals surface area contributed by atoms with Crippen molar-refractivity contribution in [3.8, 4) is 5.75 Å². The summed E-state index contributed by atoms with van der Waals surface area (Å²) in [6.45, 7) is 3.15. The molecular weight excluding hydrogens is 349 g/mol. The number of benzene rings is 1. The SMILES string of the molecule is CN1CCN(c2nccn(CCOc3cc(F)c(F)cc3F)c2=O)CC1. The Hall–Kier alpha value is -2.55. The van der Waals surface area contributed by atoms with Crippen molar-refractivity contribution >= 4 is 5.82 Å². The van der Waals surface area contributed by atoms with Gasteiger partial charge in [-0.3, -0.25) is 4.79 Å². The lowest BCUT2D eigenvalue weighted by molar-refractivity contribution is 0.279. The summed E-state index contributed by atoms with van der Waals surface area (Å²) >= 11 is 0. The highest BCUT2D eigenvalue weighted by Gasteiger charge is 2.19. The summed E-state index contributed by atoms with van der Waals surface area (Å²) in [6.07, 6.45) is 3.03. The minimum Gasteiger partial charge on any atom is -0.489 e. The van der Waals surface area contributed by atoms with Gasteiger partial charge in [0.15, 0.2) is 29.0 Å². The van der Waals surface area contributed by atoms with Crippen molar-refractivity contribution in [2.75, 3.05) is 44.7 Å². The van der Waals surface area contributed by atoms with Crippen LogP contribution in [0.4, 0.5) is 19.0 Å². The predicted molar refractivity (Wildman–Crippen MR) is 90.0 cm³/mol. The normalized spacial score (nSPS) is 15.3. The maximum atomic E-state index is 13.6. The maximum absolute atomic E-state index is 13.6. The number of ether oxygens (including phenoxy) is 1. The van der Waals surface area contributed by atoms with E-state index in [1.165, 1.54) is 17.0 Å². The van der Waals surface area contributed by atoms with Crippen LogP contribution in [0.3, 0.4) is 0 Å². The van der Waals surface area contributed by atoms with Crippen molar-refractivity contribution in [3.05, 3.63) is 52.3 Å². The lowest BCUT2D eigenvalue weighted by Crippen LogP contribution is -2.47. The van der Waals surface area contributed by atoms with E-state index in [0.717, 1.165) is 13.1 Å². The molecule has 0 aliphatic carbocycles. The third-order valence-corrected chi connectivity index (χ3v) is 4.26. The summed E-state index contributed by atoms with van der Waals surface area (Å²) in [5.41, 5.74) is -0.272. The van der Waals surface area contributed by atoms with Gasteiger partial charge in [-0.1, -0.05) is 0 Å². The molecule has 9 heteroatoms. The number of anilines is 1. The smallest absolute Gasteiger partial charge is 0.293 e. The zero-order valence-corrected chi connectivity index (χ0v) is 14.3. The van der Waals surface area contributed by atoms with E-state index < -0.39 is 23.2 Å². The van der Waals surface area contributed by atoms with Crippen LogP contribution in [0.5, 0.6) is 5.75 Å². The van der Waals surface area contributed by atoms with Gasteiger partial charge in [0.1, 0.15) is 6.61 Å². The molecule has 0 bridgehead atoms. The van der Waals surface area contributed by atoms with Crippen LogP contribution >= 0.6 is 0 Å². The maximum Gasteiger partial charge on any atom is 0.293 e. The van der Waals surface area contributed by atoms with E-state index in [2.05, 4.69) is 9.88 Å². The van der Waals surface area contributed by atoms with Crippen molar-refractivity contribution in [2.45, 2.75) is 6.54 Å². The van der Waals surface area contributed by atoms with E-state index in [-0.39, 0.29) is 18.7 Å². The zero-order valence-electron chi connectivity index (χ0n) is 14.3. The first-order chi connectivity index (χ1) is 12.5. The van der Waals surface area contributed by atoms with E-state index in [9.17, 15) is 18.0 Å². The number of likely N-dealkylation sites (N-methyl/N-ethyl adjacent to an activating group) is 1. The fourth-order valence-electron chi connectivity index (χ4n) is 2.72. The lowest BCUT2D eigenvalue weighted by atomic mass is 10.3. The minimum absolute atomic E-state index is 0.0753. The molecule has 1 fully saturated rings. The van der Waals surface area contributed by atoms with E-state index in [0.29, 0.717) is 31.0 Å². The first-order valence-electron chi connectivity index (χ1n) is 8.22. The van der Waals surface area contributed by atoms with Gasteiger partial charge in [-0.2, -0.15) is 0 Å². The topological polar surface area (TPSA) is 50.6 Å². The Morgan fingerprint density at radius 2 is 1.77 bits per heavy atom. The Balaban J connectivity index is 1.66. The molecule has 1 saturated heterocycles. The van der Waals surface area contributed by atoms with Gasteiger partial charge in [0.2, 0.25) is 0 Å². The summed E-state index contributed by atoms with van der Waals surface area (Å²) in [4.78, 5) is 20.8. The number of hydrogen-bond donors (Lipinski definition) is 0. The summed E-state index contributed by atoms with van der Waals surface area (Å²) in [5.74, 6) is -3.51. The molecule has 0 N–H and O–H groups in total. The summed E-state index contributed by atoms with van der Waals surface area (Å²) < 4.78 is 46.2. The van der Waals surface area contributed by atoms with Crippen LogP contribution < -0.4 is 15.2 Å². The predicted octanol–water partition coefficient (Wildman–Crippen LogP) is 1.49. The van der Waals surface area contributed by atoms with Gasteiger partial charge in [0.25, 0.3) is 5.56 Å². The number of hydrogen-bond acceptors (Lipinski definition) is 5. The van der Waals surface area contributed by atoms with Gasteiger partial charge >= 0.3 is 0 Å². The molecule has 1 aromatic carbocycles. The lowest BCUT2D eigenvalue weighted by Gasteiger charge is -2.32. The van der Waals surface area contributed by atoms with E-state index in [1.54, 1.807) is 0 Å². The van der Waals surface area contributed by atoms with Crippen LogP contribution in [0, 0.1) is 17.5 Å². The van der Waals surface area contributed by atoms with Crippen LogP contribution in [0.15, 0.2) is 29.3 Å². The molecule has 140 valence electrons. The average molecular weight is 368 g/mol. The van der Waals surface area contributed by atoms with Gasteiger partial charge in [-0.25, -0.2) is 18.2 Å². The van der Waals surface area contributed by atoms with E-state index >= 15 is 0 Å². The Morgan fingerprint density at radius 1 is 1.08 bits per heavy atom. The van der Waals surface area contributed by atoms with Crippen molar-refractivity contribution in [2.24, 2.45) is 0 Å². The quantitative estimate of drug-likeness (QED) is 0.749. The van der Waals surface area contributed by atoms with Crippen LogP contribution in [0.1, 0.15) is 0 Å². The fourth-order valence-corrected chi connectivity index (χ4v) is 2.72. The largest absolute Gasteiger partial charge is 0.489 e. The molecular formula is C17H19F3N4O2. The van der Waals surface area contributed by atoms with E-state index in [4.69, 9.17) is 4.74 Å². The molecule has 0 saturated carbocycles. The zero-order chi connectivity index (χ0) is 18.7. The van der Waals surface area contributed by atoms with Crippen LogP contribution in [0.25, 0.3) is 0 Å². The van der Waals surface area contributed by atoms with E-state index in [1.807, 2.05) is 11.9 Å². The number of halogens is 3. The van der Waals surface area contributed by atoms with Crippen LogP contribution in [0.2, 0.25) is 0 Å². The van der Waals surface area contributed by atoms with Crippen LogP contribution in [-0.2, 0) is 6.54 Å². The third kappa shape index (κ3) is 3.98. The molecule has 2 heterocycles. The second kappa shape index (κ2) is 7.77. The highest BCUT2D eigenvalue weighted by atomic mass is 19.2. The first-order valence-corrected chi connectivity index (χ1v) is 8.22. The van der Waals surface area contributed by atoms with Crippen molar-refractivity contribution < 1.29 is 17.9 Å². The number of aromatic nitrogens is 2. The fraction of sp³-hybridized carbons (Fsp3) is 0.412. The van der Waals surface area contributed by atoms with Gasteiger partial charge < -0.3 is 19.1 Å². The molecule has 0 radical (unpaired) electrons. The molecule has 1 aliphatic heterocycles. The second-order valence-electron chi connectivity index (χ2n) is 6.08. The highest BCUT2D eigenvalue weighted by Crippen LogP contribution is 2.20. The standard InChI is InChI=1S/C17H19F3N4O2/c1-22-4-6-23(7-5-22)16-17(25)24(3-2-21-16)8-9-26-15-11-13(19)12(18)10-14(15)20/h2-3,10-11H,4-9H2,1H3. The number of piperazine rings is 1. The molecule has 0 atom stereocenters. The molecule has 26 heavy (non-hydrogen) atoms. The molecule has 3 rings (SSSR count). The van der Waals surface area contributed by atoms with Crippen molar-refractivity contribution in [1.29, 1.82) is 0 Å². The monoisotopic (exact) mass is 368 g/mol. The Kier molecular flexibility index (Phi) is 5.46. The first kappa shape index (κ1) is 18.2. The van der Waals surface area contributed by atoms with Gasteiger partial charge in [0.05, 0.1) is 6.54 Å². The summed E-state index contributed by atoms with van der Waals surface area (Å²) in [6, 6.07) is 1.07. The van der Waals surface area contributed by atoms with Gasteiger partial charge in [-0.05, 0) is 7.05 Å². The van der Waals surface area contributed by atoms with Crippen LogP contribution in [-0.4, -0.2) is 54.3 Å². The van der Waals surface area contributed by atoms with Crippen molar-refractivity contribution in [1.82, 2.24) is 14.5 Å². The molecule has 1 aromatic heterocycles. The number of rotatable bonds is 5. The molecule has 0 unspecified atom stereocenters. The third-order valence-electron chi connectivity index (χ3n) is 4.26. The Bertz CT molecular complexity index is 835. The number of nitrogens with zero attached hydrogens (tertiary/aromatic N) is 4. The molecule has 0 amide bonds. The summed E-state index contributed by atoms with van der Waals surface area (Å²) in [7, 11) is 2.02. The summed E-state index contributed by atoms with van der Waals surface area (Å²) in [5, 5.41) is 0. The van der Waals surface area contributed by atoms with Gasteiger partial charge in [-0.15, -0.1) is 0 Å².